The molecule has 0 radical (unpaired) electrons. The molecular weight excluding hydrogens is 249 g/mol. The summed E-state index contributed by atoms with van der Waals surface area (Å²) < 4.78 is 16.1. The second kappa shape index (κ2) is 4.10. The zero-order chi connectivity index (χ0) is 12.7. The Morgan fingerprint density at radius 1 is 1.28 bits per heavy atom. The topological polar surface area (TPSA) is 30.7 Å². The summed E-state index contributed by atoms with van der Waals surface area (Å²) in [7, 11) is 1.79. The minimum Gasteiger partial charge on any atom is -0.275 e. The molecule has 0 N–H and O–H groups in total. The Morgan fingerprint density at radius 2 is 2.11 bits per heavy atom. The van der Waals surface area contributed by atoms with E-state index in [4.69, 9.17) is 0 Å². The molecule has 90 valence electrons. The van der Waals surface area contributed by atoms with Crippen LogP contribution in [0, 0.1) is 5.82 Å². The van der Waals surface area contributed by atoms with Crippen molar-refractivity contribution in [2.75, 3.05) is 0 Å². The highest BCUT2D eigenvalue weighted by atomic mass is 32.1. The molecule has 3 nitrogen and oxygen atoms in total. The van der Waals surface area contributed by atoms with E-state index in [2.05, 4.69) is 22.7 Å². The fourth-order valence-corrected chi connectivity index (χ4v) is 2.11. The van der Waals surface area contributed by atoms with Gasteiger partial charge in [0.1, 0.15) is 5.82 Å². The third-order valence-electron chi connectivity index (χ3n) is 2.80. The van der Waals surface area contributed by atoms with Crippen molar-refractivity contribution in [3.05, 3.63) is 42.6 Å². The van der Waals surface area contributed by atoms with E-state index < -0.39 is 0 Å². The predicted molar refractivity (Wildman–Crippen MR) is 71.2 cm³/mol. The monoisotopic (exact) mass is 259 g/mol. The summed E-state index contributed by atoms with van der Waals surface area (Å²) in [4.78, 5) is 4.97. The van der Waals surface area contributed by atoms with Crippen LogP contribution in [-0.2, 0) is 7.05 Å². The fraction of sp³-hybridized carbons (Fsp3) is 0.0769. The number of aryl methyl sites for hydroxylation is 1. The fourth-order valence-electron chi connectivity index (χ4n) is 1.91. The van der Waals surface area contributed by atoms with Crippen LogP contribution in [0.2, 0.25) is 0 Å². The van der Waals surface area contributed by atoms with Crippen LogP contribution in [0.25, 0.3) is 22.0 Å². The molecule has 0 fully saturated rings. The molecule has 3 aromatic rings. The first-order valence-corrected chi connectivity index (χ1v) is 5.86. The quantitative estimate of drug-likeness (QED) is 0.681. The molecule has 0 saturated heterocycles. The molecule has 0 unspecified atom stereocenters. The number of thiol groups is 1. The van der Waals surface area contributed by atoms with E-state index in [9.17, 15) is 4.39 Å². The number of fused-ring (bicyclic) bond motifs is 1. The third kappa shape index (κ3) is 1.76. The van der Waals surface area contributed by atoms with Gasteiger partial charge in [0.2, 0.25) is 0 Å². The van der Waals surface area contributed by atoms with Crippen molar-refractivity contribution in [3.63, 3.8) is 0 Å². The van der Waals surface area contributed by atoms with Crippen molar-refractivity contribution in [3.8, 4) is 11.1 Å². The van der Waals surface area contributed by atoms with Crippen LogP contribution in [0.4, 0.5) is 4.39 Å². The van der Waals surface area contributed by atoms with Crippen LogP contribution in [0.3, 0.4) is 0 Å². The zero-order valence-electron chi connectivity index (χ0n) is 9.63. The number of rotatable bonds is 1. The molecule has 0 atom stereocenters. The highest BCUT2D eigenvalue weighted by Crippen LogP contribution is 2.28. The van der Waals surface area contributed by atoms with Crippen LogP contribution in [0.1, 0.15) is 0 Å². The summed E-state index contributed by atoms with van der Waals surface area (Å²) in [5, 5.41) is 4.51. The van der Waals surface area contributed by atoms with Gasteiger partial charge >= 0.3 is 0 Å². The number of benzene rings is 1. The molecule has 2 aromatic heterocycles. The SMILES string of the molecule is Cn1cc(-c2cnc3ccc(S)cc3c2F)cn1. The molecule has 18 heavy (non-hydrogen) atoms. The molecule has 5 heteroatoms. The van der Waals surface area contributed by atoms with Crippen LogP contribution in [0.5, 0.6) is 0 Å². The number of nitrogens with zero attached hydrogens (tertiary/aromatic N) is 3. The lowest BCUT2D eigenvalue weighted by Gasteiger charge is -2.04. The van der Waals surface area contributed by atoms with Gasteiger partial charge in [-0.2, -0.15) is 5.10 Å². The number of hydrogen-bond acceptors (Lipinski definition) is 3. The highest BCUT2D eigenvalue weighted by Gasteiger charge is 2.11. The van der Waals surface area contributed by atoms with Crippen molar-refractivity contribution in [2.45, 2.75) is 4.90 Å². The van der Waals surface area contributed by atoms with Gasteiger partial charge in [0.15, 0.2) is 0 Å². The molecule has 3 rings (SSSR count). The number of pyridine rings is 1. The number of aromatic nitrogens is 3. The standard InChI is InChI=1S/C13H10FN3S/c1-17-7-8(5-16-17)11-6-15-12-3-2-9(18)4-10(12)13(11)14/h2-7,18H,1H3. The summed E-state index contributed by atoms with van der Waals surface area (Å²) in [6, 6.07) is 5.23. The van der Waals surface area contributed by atoms with Gasteiger partial charge in [-0.3, -0.25) is 9.67 Å². The summed E-state index contributed by atoms with van der Waals surface area (Å²) in [5.74, 6) is -0.288. The molecule has 1 aromatic carbocycles. The molecule has 0 amide bonds. The van der Waals surface area contributed by atoms with Gasteiger partial charge in [-0.05, 0) is 18.2 Å². The molecule has 0 aliphatic carbocycles. The van der Waals surface area contributed by atoms with E-state index >= 15 is 0 Å². The normalized spacial score (nSPS) is 11.1. The van der Waals surface area contributed by atoms with E-state index in [0.717, 1.165) is 0 Å². The van der Waals surface area contributed by atoms with E-state index in [-0.39, 0.29) is 5.82 Å². The van der Waals surface area contributed by atoms with Gasteiger partial charge in [-0.1, -0.05) is 0 Å². The average molecular weight is 259 g/mol. The minimum atomic E-state index is -0.288. The Morgan fingerprint density at radius 3 is 2.83 bits per heavy atom. The van der Waals surface area contributed by atoms with Gasteiger partial charge in [0, 0.05) is 40.8 Å². The lowest BCUT2D eigenvalue weighted by molar-refractivity contribution is 0.641. The minimum absolute atomic E-state index is 0.288. The maximum Gasteiger partial charge on any atom is 0.142 e. The smallest absolute Gasteiger partial charge is 0.142 e. The highest BCUT2D eigenvalue weighted by molar-refractivity contribution is 7.80. The van der Waals surface area contributed by atoms with E-state index in [1.165, 1.54) is 6.20 Å². The van der Waals surface area contributed by atoms with Crippen molar-refractivity contribution < 1.29 is 4.39 Å². The summed E-state index contributed by atoms with van der Waals surface area (Å²) in [6.07, 6.45) is 4.92. The zero-order valence-corrected chi connectivity index (χ0v) is 10.5. The van der Waals surface area contributed by atoms with Crippen LogP contribution < -0.4 is 0 Å². The van der Waals surface area contributed by atoms with Gasteiger partial charge in [0.25, 0.3) is 0 Å². The first kappa shape index (κ1) is 11.2. The molecule has 0 spiro atoms. The molecule has 0 bridgehead atoms. The van der Waals surface area contributed by atoms with E-state index in [0.29, 0.717) is 26.9 Å². The second-order valence-electron chi connectivity index (χ2n) is 4.09. The van der Waals surface area contributed by atoms with E-state index in [1.807, 2.05) is 0 Å². The molecule has 0 aliphatic rings. The predicted octanol–water partition coefficient (Wildman–Crippen LogP) is 3.06. The van der Waals surface area contributed by atoms with Crippen molar-refractivity contribution in [1.82, 2.24) is 14.8 Å². The maximum atomic E-state index is 14.4. The lowest BCUT2D eigenvalue weighted by atomic mass is 10.1. The Kier molecular flexibility index (Phi) is 2.56. The number of hydrogen-bond donors (Lipinski definition) is 1. The largest absolute Gasteiger partial charge is 0.275 e. The Hall–Kier alpha value is -1.88. The first-order chi connectivity index (χ1) is 8.65. The molecular formula is C13H10FN3S. The Balaban J connectivity index is 2.28. The molecule has 0 saturated carbocycles. The summed E-state index contributed by atoms with van der Waals surface area (Å²) in [6.45, 7) is 0. The maximum absolute atomic E-state index is 14.4. The second-order valence-corrected chi connectivity index (χ2v) is 4.61. The average Bonchev–Trinajstić information content (AvgIpc) is 2.77. The Labute approximate surface area is 109 Å². The first-order valence-electron chi connectivity index (χ1n) is 5.41. The van der Waals surface area contributed by atoms with Crippen LogP contribution in [-0.4, -0.2) is 14.8 Å². The summed E-state index contributed by atoms with van der Waals surface area (Å²) in [5.41, 5.74) is 1.79. The molecule has 0 aliphatic heterocycles. The van der Waals surface area contributed by atoms with E-state index in [1.54, 1.807) is 42.3 Å². The van der Waals surface area contributed by atoms with Gasteiger partial charge in [-0.15, -0.1) is 12.6 Å². The third-order valence-corrected chi connectivity index (χ3v) is 3.08. The van der Waals surface area contributed by atoms with Crippen LogP contribution in [0.15, 0.2) is 41.7 Å². The van der Waals surface area contributed by atoms with Crippen LogP contribution >= 0.6 is 12.6 Å². The molecule has 2 heterocycles. The van der Waals surface area contributed by atoms with Crippen molar-refractivity contribution in [2.24, 2.45) is 7.05 Å². The van der Waals surface area contributed by atoms with Gasteiger partial charge in [-0.25, -0.2) is 4.39 Å². The van der Waals surface area contributed by atoms with Crippen molar-refractivity contribution >= 4 is 23.5 Å². The van der Waals surface area contributed by atoms with Crippen molar-refractivity contribution in [1.29, 1.82) is 0 Å². The van der Waals surface area contributed by atoms with Gasteiger partial charge < -0.3 is 0 Å². The lowest BCUT2D eigenvalue weighted by Crippen LogP contribution is -1.89. The summed E-state index contributed by atoms with van der Waals surface area (Å²) >= 11 is 4.22. The number of halogens is 1. The Bertz CT molecular complexity index is 736. The van der Waals surface area contributed by atoms with Gasteiger partial charge in [0.05, 0.1) is 11.7 Å².